The second kappa shape index (κ2) is 9.65. The molecule has 3 aromatic rings. The van der Waals surface area contributed by atoms with E-state index in [1.165, 1.54) is 18.2 Å². The first-order valence-electron chi connectivity index (χ1n) is 9.88. The van der Waals surface area contributed by atoms with Crippen molar-refractivity contribution in [1.82, 2.24) is 4.90 Å². The zero-order chi connectivity index (χ0) is 24.4. The number of nitro benzene ring substituents is 1. The van der Waals surface area contributed by atoms with Crippen LogP contribution in [0.25, 0.3) is 17.4 Å². The molecule has 3 amide bonds. The van der Waals surface area contributed by atoms with Gasteiger partial charge < -0.3 is 9.73 Å². The van der Waals surface area contributed by atoms with Crippen LogP contribution in [-0.2, 0) is 9.59 Å². The number of nitrogens with zero attached hydrogens (tertiary/aromatic N) is 2. The number of halogens is 1. The zero-order valence-electron chi connectivity index (χ0n) is 17.6. The van der Waals surface area contributed by atoms with Gasteiger partial charge in [0.1, 0.15) is 18.1 Å². The number of nitro groups is 1. The van der Waals surface area contributed by atoms with E-state index in [0.717, 1.165) is 10.5 Å². The van der Waals surface area contributed by atoms with Gasteiger partial charge in [0.25, 0.3) is 16.8 Å². The lowest BCUT2D eigenvalue weighted by molar-refractivity contribution is -0.384. The van der Waals surface area contributed by atoms with Crippen molar-refractivity contribution in [2.24, 2.45) is 0 Å². The summed E-state index contributed by atoms with van der Waals surface area (Å²) in [6.45, 7) is 1.43. The van der Waals surface area contributed by atoms with E-state index in [1.54, 1.807) is 30.3 Å². The van der Waals surface area contributed by atoms with E-state index in [2.05, 4.69) is 21.2 Å². The fourth-order valence-corrected chi connectivity index (χ4v) is 4.59. The van der Waals surface area contributed by atoms with Gasteiger partial charge in [-0.05, 0) is 64.4 Å². The Morgan fingerprint density at radius 1 is 1.21 bits per heavy atom. The SMILES string of the molecule is Cc1ccccc1NC(=O)CN1C(=O)S/C(=C/c2ccc(-c3ccc([N+](=O)[O-])cc3Br)o2)C1=O. The summed E-state index contributed by atoms with van der Waals surface area (Å²) in [5.41, 5.74) is 1.99. The maximum Gasteiger partial charge on any atom is 0.294 e. The predicted molar refractivity (Wildman–Crippen MR) is 131 cm³/mol. The molecule has 34 heavy (non-hydrogen) atoms. The normalized spacial score (nSPS) is 14.6. The van der Waals surface area contributed by atoms with Crippen LogP contribution in [0.1, 0.15) is 11.3 Å². The smallest absolute Gasteiger partial charge is 0.294 e. The summed E-state index contributed by atoms with van der Waals surface area (Å²) in [5.74, 6) is -0.342. The number of imide groups is 1. The number of carbonyl (C=O) groups is 3. The number of aryl methyl sites for hydroxylation is 1. The maximum absolute atomic E-state index is 12.7. The van der Waals surface area contributed by atoms with E-state index in [0.29, 0.717) is 39.0 Å². The molecule has 0 spiro atoms. The molecule has 0 bridgehead atoms. The first-order valence-corrected chi connectivity index (χ1v) is 11.5. The fourth-order valence-electron chi connectivity index (χ4n) is 3.20. The van der Waals surface area contributed by atoms with Crippen LogP contribution in [0, 0.1) is 17.0 Å². The largest absolute Gasteiger partial charge is 0.457 e. The first-order chi connectivity index (χ1) is 16.2. The molecule has 2 aromatic carbocycles. The summed E-state index contributed by atoms with van der Waals surface area (Å²) >= 11 is 4.01. The Bertz CT molecular complexity index is 1370. The monoisotopic (exact) mass is 541 g/mol. The number of hydrogen-bond acceptors (Lipinski definition) is 7. The summed E-state index contributed by atoms with van der Waals surface area (Å²) in [5, 5.41) is 13.1. The van der Waals surface area contributed by atoms with Gasteiger partial charge in [0.05, 0.1) is 9.83 Å². The first kappa shape index (κ1) is 23.5. The molecular formula is C23H16BrN3O6S. The van der Waals surface area contributed by atoms with Gasteiger partial charge in [-0.1, -0.05) is 18.2 Å². The van der Waals surface area contributed by atoms with Crippen molar-refractivity contribution in [3.63, 3.8) is 0 Å². The molecule has 0 unspecified atom stereocenters. The number of carbonyl (C=O) groups excluding carboxylic acids is 3. The van der Waals surface area contributed by atoms with Crippen molar-refractivity contribution in [2.75, 3.05) is 11.9 Å². The van der Waals surface area contributed by atoms with E-state index in [4.69, 9.17) is 4.42 Å². The average molecular weight is 542 g/mol. The van der Waals surface area contributed by atoms with Crippen molar-refractivity contribution in [3.8, 4) is 11.3 Å². The molecule has 1 saturated heterocycles. The number of benzene rings is 2. The summed E-state index contributed by atoms with van der Waals surface area (Å²) in [6, 6.07) is 14.7. The number of rotatable bonds is 6. The Labute approximate surface area is 206 Å². The van der Waals surface area contributed by atoms with Crippen LogP contribution >= 0.6 is 27.7 Å². The minimum absolute atomic E-state index is 0.0671. The lowest BCUT2D eigenvalue weighted by Crippen LogP contribution is -2.36. The lowest BCUT2D eigenvalue weighted by atomic mass is 10.1. The Morgan fingerprint density at radius 3 is 2.68 bits per heavy atom. The van der Waals surface area contributed by atoms with Gasteiger partial charge in [-0.3, -0.25) is 29.4 Å². The second-order valence-electron chi connectivity index (χ2n) is 7.25. The zero-order valence-corrected chi connectivity index (χ0v) is 20.0. The lowest BCUT2D eigenvalue weighted by Gasteiger charge is -2.13. The molecule has 0 aliphatic carbocycles. The second-order valence-corrected chi connectivity index (χ2v) is 9.10. The molecule has 11 heteroatoms. The third-order valence-corrected chi connectivity index (χ3v) is 6.49. The van der Waals surface area contributed by atoms with Gasteiger partial charge in [0, 0.05) is 33.9 Å². The third-order valence-electron chi connectivity index (χ3n) is 4.92. The molecule has 1 N–H and O–H groups in total. The molecule has 0 saturated carbocycles. The highest BCUT2D eigenvalue weighted by Crippen LogP contribution is 2.35. The highest BCUT2D eigenvalue weighted by Gasteiger charge is 2.36. The molecule has 9 nitrogen and oxygen atoms in total. The highest BCUT2D eigenvalue weighted by atomic mass is 79.9. The van der Waals surface area contributed by atoms with Gasteiger partial charge in [0.15, 0.2) is 0 Å². The molecule has 172 valence electrons. The van der Waals surface area contributed by atoms with Crippen LogP contribution in [0.2, 0.25) is 0 Å². The number of non-ortho nitro benzene ring substituents is 1. The Morgan fingerprint density at radius 2 is 1.97 bits per heavy atom. The minimum Gasteiger partial charge on any atom is -0.457 e. The molecule has 1 aromatic heterocycles. The molecule has 1 fully saturated rings. The number of nitrogens with one attached hydrogen (secondary N) is 1. The van der Waals surface area contributed by atoms with Crippen LogP contribution in [-0.4, -0.2) is 33.4 Å². The third kappa shape index (κ3) is 4.95. The highest BCUT2D eigenvalue weighted by molar-refractivity contribution is 9.10. The number of amides is 3. The molecule has 0 atom stereocenters. The van der Waals surface area contributed by atoms with Crippen LogP contribution in [0.15, 0.2) is 68.4 Å². The van der Waals surface area contributed by atoms with Crippen LogP contribution in [0.4, 0.5) is 16.2 Å². The average Bonchev–Trinajstić information content (AvgIpc) is 3.35. The standard InChI is InChI=1S/C23H16BrN3O6S/c1-13-4-2-3-5-18(13)25-21(28)12-26-22(29)20(34-23(26)30)11-15-7-9-19(33-15)16-8-6-14(27(31)32)10-17(16)24/h2-11H,12H2,1H3,(H,25,28)/b20-11+. The quantitative estimate of drug-likeness (QED) is 0.244. The molecule has 1 aliphatic rings. The molecule has 0 radical (unpaired) electrons. The van der Waals surface area contributed by atoms with E-state index in [-0.39, 0.29) is 10.6 Å². The topological polar surface area (TPSA) is 123 Å². The molecular weight excluding hydrogens is 526 g/mol. The summed E-state index contributed by atoms with van der Waals surface area (Å²) in [4.78, 5) is 48.9. The van der Waals surface area contributed by atoms with Gasteiger partial charge in [-0.25, -0.2) is 0 Å². The summed E-state index contributed by atoms with van der Waals surface area (Å²) in [6.07, 6.45) is 1.42. The van der Waals surface area contributed by atoms with Crippen molar-refractivity contribution < 1.29 is 23.7 Å². The summed E-state index contributed by atoms with van der Waals surface area (Å²) in [7, 11) is 0. The number of para-hydroxylation sites is 1. The van der Waals surface area contributed by atoms with Crippen LogP contribution < -0.4 is 5.32 Å². The van der Waals surface area contributed by atoms with E-state index in [9.17, 15) is 24.5 Å². The van der Waals surface area contributed by atoms with Gasteiger partial charge in [0.2, 0.25) is 5.91 Å². The van der Waals surface area contributed by atoms with E-state index >= 15 is 0 Å². The van der Waals surface area contributed by atoms with Gasteiger partial charge in [-0.15, -0.1) is 0 Å². The van der Waals surface area contributed by atoms with Gasteiger partial charge >= 0.3 is 0 Å². The van der Waals surface area contributed by atoms with Crippen molar-refractivity contribution in [1.29, 1.82) is 0 Å². The van der Waals surface area contributed by atoms with E-state index in [1.807, 2.05) is 19.1 Å². The molecule has 2 heterocycles. The maximum atomic E-state index is 12.7. The van der Waals surface area contributed by atoms with Crippen molar-refractivity contribution in [3.05, 3.63) is 85.4 Å². The Hall–Kier alpha value is -3.70. The van der Waals surface area contributed by atoms with Gasteiger partial charge in [-0.2, -0.15) is 0 Å². The van der Waals surface area contributed by atoms with Crippen molar-refractivity contribution >= 4 is 62.2 Å². The number of thioether (sulfide) groups is 1. The molecule has 4 rings (SSSR count). The minimum atomic E-state index is -0.593. The Kier molecular flexibility index (Phi) is 6.66. The Balaban J connectivity index is 1.47. The van der Waals surface area contributed by atoms with Crippen molar-refractivity contribution in [2.45, 2.75) is 6.92 Å². The van der Waals surface area contributed by atoms with E-state index < -0.39 is 28.5 Å². The predicted octanol–water partition coefficient (Wildman–Crippen LogP) is 5.60. The fraction of sp³-hybridized carbons (Fsp3) is 0.0870. The number of furan rings is 1. The van der Waals surface area contributed by atoms with Crippen LogP contribution in [0.3, 0.4) is 0 Å². The number of anilines is 1. The number of hydrogen-bond donors (Lipinski definition) is 1. The van der Waals surface area contributed by atoms with Crippen LogP contribution in [0.5, 0.6) is 0 Å². The summed E-state index contributed by atoms with van der Waals surface area (Å²) < 4.78 is 6.23. The molecule has 1 aliphatic heterocycles.